The SMILES string of the molecule is Cn1c2c(ccc1=O)-c1cc(F)ccc1C2. The van der Waals surface area contributed by atoms with Gasteiger partial charge in [-0.1, -0.05) is 6.07 Å². The van der Waals surface area contributed by atoms with Crippen molar-refractivity contribution in [2.24, 2.45) is 7.05 Å². The van der Waals surface area contributed by atoms with E-state index >= 15 is 0 Å². The Labute approximate surface area is 92.0 Å². The molecule has 0 aliphatic heterocycles. The molecule has 1 aromatic heterocycles. The number of nitrogens with zero attached hydrogens (tertiary/aromatic N) is 1. The zero-order chi connectivity index (χ0) is 11.3. The number of pyridine rings is 1. The summed E-state index contributed by atoms with van der Waals surface area (Å²) >= 11 is 0. The van der Waals surface area contributed by atoms with E-state index in [1.165, 1.54) is 18.2 Å². The molecule has 1 heterocycles. The molecule has 16 heavy (non-hydrogen) atoms. The molecule has 80 valence electrons. The third-order valence-electron chi connectivity index (χ3n) is 3.16. The minimum Gasteiger partial charge on any atom is -0.315 e. The van der Waals surface area contributed by atoms with Crippen molar-refractivity contribution in [2.75, 3.05) is 0 Å². The van der Waals surface area contributed by atoms with E-state index in [1.54, 1.807) is 23.7 Å². The maximum Gasteiger partial charge on any atom is 0.250 e. The molecule has 3 rings (SSSR count). The Hall–Kier alpha value is -1.90. The largest absolute Gasteiger partial charge is 0.315 e. The first-order chi connectivity index (χ1) is 7.66. The molecule has 0 radical (unpaired) electrons. The summed E-state index contributed by atoms with van der Waals surface area (Å²) in [5.41, 5.74) is 3.90. The van der Waals surface area contributed by atoms with Crippen molar-refractivity contribution < 1.29 is 4.39 Å². The maximum atomic E-state index is 13.2. The lowest BCUT2D eigenvalue weighted by molar-refractivity contribution is 0.628. The Kier molecular flexibility index (Phi) is 1.78. The van der Waals surface area contributed by atoms with Gasteiger partial charge in [0.25, 0.3) is 5.56 Å². The molecule has 0 bridgehead atoms. The molecular formula is C13H10FNO. The van der Waals surface area contributed by atoms with Crippen LogP contribution in [0.15, 0.2) is 35.1 Å². The first kappa shape index (κ1) is 9.33. The monoisotopic (exact) mass is 215 g/mol. The van der Waals surface area contributed by atoms with E-state index < -0.39 is 0 Å². The molecule has 0 N–H and O–H groups in total. The van der Waals surface area contributed by atoms with Crippen LogP contribution in [0.3, 0.4) is 0 Å². The predicted octanol–water partition coefficient (Wildman–Crippen LogP) is 2.10. The molecule has 0 saturated carbocycles. The van der Waals surface area contributed by atoms with Crippen LogP contribution < -0.4 is 5.56 Å². The Morgan fingerprint density at radius 2 is 2.00 bits per heavy atom. The molecule has 1 aliphatic rings. The number of fused-ring (bicyclic) bond motifs is 3. The van der Waals surface area contributed by atoms with Crippen LogP contribution in [0.25, 0.3) is 11.1 Å². The zero-order valence-electron chi connectivity index (χ0n) is 8.83. The smallest absolute Gasteiger partial charge is 0.250 e. The predicted molar refractivity (Wildman–Crippen MR) is 59.9 cm³/mol. The highest BCUT2D eigenvalue weighted by molar-refractivity contribution is 5.75. The molecule has 0 atom stereocenters. The van der Waals surface area contributed by atoms with E-state index in [0.717, 1.165) is 22.4 Å². The van der Waals surface area contributed by atoms with Crippen LogP contribution in [0.5, 0.6) is 0 Å². The Balaban J connectivity index is 2.34. The highest BCUT2D eigenvalue weighted by Crippen LogP contribution is 2.35. The van der Waals surface area contributed by atoms with Crippen molar-refractivity contribution >= 4 is 0 Å². The van der Waals surface area contributed by atoms with Gasteiger partial charge in [-0.25, -0.2) is 4.39 Å². The molecule has 2 aromatic rings. The maximum absolute atomic E-state index is 13.2. The van der Waals surface area contributed by atoms with Crippen molar-refractivity contribution in [3.8, 4) is 11.1 Å². The van der Waals surface area contributed by atoms with Gasteiger partial charge < -0.3 is 4.57 Å². The van der Waals surface area contributed by atoms with Crippen molar-refractivity contribution in [3.63, 3.8) is 0 Å². The van der Waals surface area contributed by atoms with E-state index in [1.807, 2.05) is 0 Å². The number of benzene rings is 1. The Morgan fingerprint density at radius 1 is 1.19 bits per heavy atom. The highest BCUT2D eigenvalue weighted by atomic mass is 19.1. The van der Waals surface area contributed by atoms with Crippen LogP contribution in [0.4, 0.5) is 4.39 Å². The first-order valence-corrected chi connectivity index (χ1v) is 5.14. The zero-order valence-corrected chi connectivity index (χ0v) is 8.83. The molecule has 0 unspecified atom stereocenters. The summed E-state index contributed by atoms with van der Waals surface area (Å²) in [5.74, 6) is -0.236. The Bertz CT molecular complexity index is 643. The lowest BCUT2D eigenvalue weighted by Crippen LogP contribution is -2.18. The quantitative estimate of drug-likeness (QED) is 0.563. The molecule has 2 nitrogen and oxygen atoms in total. The van der Waals surface area contributed by atoms with E-state index in [2.05, 4.69) is 0 Å². The molecule has 0 fully saturated rings. The molecule has 1 aromatic carbocycles. The van der Waals surface area contributed by atoms with Gasteiger partial charge in [0.2, 0.25) is 0 Å². The fourth-order valence-electron chi connectivity index (χ4n) is 2.27. The van der Waals surface area contributed by atoms with Crippen LogP contribution >= 0.6 is 0 Å². The third kappa shape index (κ3) is 1.14. The number of rotatable bonds is 0. The van der Waals surface area contributed by atoms with Crippen LogP contribution in [-0.4, -0.2) is 4.57 Å². The third-order valence-corrected chi connectivity index (χ3v) is 3.16. The van der Waals surface area contributed by atoms with Crippen LogP contribution in [-0.2, 0) is 13.5 Å². The van der Waals surface area contributed by atoms with Gasteiger partial charge in [-0.15, -0.1) is 0 Å². The minimum atomic E-state index is -0.236. The van der Waals surface area contributed by atoms with Gasteiger partial charge in [0.15, 0.2) is 0 Å². The summed E-state index contributed by atoms with van der Waals surface area (Å²) in [6.45, 7) is 0. The average Bonchev–Trinajstić information content (AvgIpc) is 2.62. The van der Waals surface area contributed by atoms with Gasteiger partial charge in [-0.05, 0) is 29.3 Å². The summed E-state index contributed by atoms with van der Waals surface area (Å²) in [7, 11) is 1.75. The van der Waals surface area contributed by atoms with Crippen molar-refractivity contribution in [3.05, 3.63) is 57.8 Å². The summed E-state index contributed by atoms with van der Waals surface area (Å²) < 4.78 is 14.8. The number of hydrogen-bond donors (Lipinski definition) is 0. The van der Waals surface area contributed by atoms with Crippen LogP contribution in [0.1, 0.15) is 11.3 Å². The molecule has 1 aliphatic carbocycles. The molecule has 0 amide bonds. The van der Waals surface area contributed by atoms with E-state index in [9.17, 15) is 9.18 Å². The molecule has 3 heteroatoms. The van der Waals surface area contributed by atoms with E-state index in [4.69, 9.17) is 0 Å². The number of halogens is 1. The summed E-state index contributed by atoms with van der Waals surface area (Å²) in [5, 5.41) is 0. The van der Waals surface area contributed by atoms with Gasteiger partial charge >= 0.3 is 0 Å². The number of aromatic nitrogens is 1. The fourth-order valence-corrected chi connectivity index (χ4v) is 2.27. The standard InChI is InChI=1S/C13H10FNO/c1-15-12-6-8-2-3-9(14)7-11(8)10(12)4-5-13(15)16/h2-5,7H,6H2,1H3. The van der Waals surface area contributed by atoms with Crippen molar-refractivity contribution in [1.29, 1.82) is 0 Å². The first-order valence-electron chi connectivity index (χ1n) is 5.14. The molecule has 0 saturated heterocycles. The normalized spacial score (nSPS) is 12.4. The van der Waals surface area contributed by atoms with Crippen LogP contribution in [0, 0.1) is 5.82 Å². The van der Waals surface area contributed by atoms with Crippen LogP contribution in [0.2, 0.25) is 0 Å². The van der Waals surface area contributed by atoms with Gasteiger partial charge in [0.1, 0.15) is 5.82 Å². The Morgan fingerprint density at radius 3 is 2.81 bits per heavy atom. The van der Waals surface area contributed by atoms with E-state index in [0.29, 0.717) is 6.42 Å². The van der Waals surface area contributed by atoms with E-state index in [-0.39, 0.29) is 11.4 Å². The number of hydrogen-bond acceptors (Lipinski definition) is 1. The second kappa shape index (κ2) is 3.04. The fraction of sp³-hybridized carbons (Fsp3) is 0.154. The minimum absolute atomic E-state index is 0.0213. The summed E-state index contributed by atoms with van der Waals surface area (Å²) in [6, 6.07) is 8.09. The van der Waals surface area contributed by atoms with Crippen molar-refractivity contribution in [1.82, 2.24) is 4.57 Å². The second-order valence-electron chi connectivity index (χ2n) is 4.07. The average molecular weight is 215 g/mol. The van der Waals surface area contributed by atoms with Gasteiger partial charge in [-0.2, -0.15) is 0 Å². The molecular weight excluding hydrogens is 205 g/mol. The summed E-state index contributed by atoms with van der Waals surface area (Å²) in [4.78, 5) is 11.5. The van der Waals surface area contributed by atoms with Gasteiger partial charge in [0.05, 0.1) is 0 Å². The second-order valence-corrected chi connectivity index (χ2v) is 4.07. The molecule has 0 spiro atoms. The lowest BCUT2D eigenvalue weighted by Gasteiger charge is -2.05. The topological polar surface area (TPSA) is 22.0 Å². The highest BCUT2D eigenvalue weighted by Gasteiger charge is 2.20. The van der Waals surface area contributed by atoms with Gasteiger partial charge in [-0.3, -0.25) is 4.79 Å². The lowest BCUT2D eigenvalue weighted by atomic mass is 10.1. The summed E-state index contributed by atoms with van der Waals surface area (Å²) in [6.07, 6.45) is 0.706. The van der Waals surface area contributed by atoms with Gasteiger partial charge in [0, 0.05) is 30.8 Å². The van der Waals surface area contributed by atoms with Crippen molar-refractivity contribution in [2.45, 2.75) is 6.42 Å².